The first kappa shape index (κ1) is 14.8. The van der Waals surface area contributed by atoms with E-state index >= 15 is 0 Å². The molecule has 3 rings (SSSR count). The van der Waals surface area contributed by atoms with Gasteiger partial charge >= 0.3 is 0 Å². The van der Waals surface area contributed by atoms with Gasteiger partial charge in [-0.15, -0.1) is 0 Å². The van der Waals surface area contributed by atoms with Gasteiger partial charge in [-0.3, -0.25) is 0 Å². The van der Waals surface area contributed by atoms with Crippen LogP contribution in [0.15, 0.2) is 0 Å². The van der Waals surface area contributed by atoms with Gasteiger partial charge in [0.05, 0.1) is 0 Å². The van der Waals surface area contributed by atoms with Crippen LogP contribution in [0.5, 0.6) is 0 Å². The lowest BCUT2D eigenvalue weighted by Crippen LogP contribution is -2.58. The largest absolute Gasteiger partial charge is 0.396 e. The highest BCUT2D eigenvalue weighted by atomic mass is 16.3. The van der Waals surface area contributed by atoms with Gasteiger partial charge in [-0.25, -0.2) is 0 Å². The number of fused-ring (bicyclic) bond motifs is 2. The number of aliphatic hydroxyl groups excluding tert-OH is 1. The molecule has 2 saturated carbocycles. The number of rotatable bonds is 6. The zero-order valence-electron chi connectivity index (χ0n) is 13.3. The molecule has 0 radical (unpaired) electrons. The van der Waals surface area contributed by atoms with E-state index in [1.807, 2.05) is 0 Å². The third-order valence-corrected chi connectivity index (χ3v) is 6.15. The average Bonchev–Trinajstić information content (AvgIpc) is 3.16. The quantitative estimate of drug-likeness (QED) is 0.783. The zero-order chi connectivity index (χ0) is 14.2. The highest BCUT2D eigenvalue weighted by Crippen LogP contribution is 2.48. The molecule has 1 saturated heterocycles. The van der Waals surface area contributed by atoms with Crippen LogP contribution in [0.25, 0.3) is 0 Å². The normalized spacial score (nSPS) is 36.3. The standard InChI is InChI=1S/C17H32N2O/c1-13(2)19-10-14-4-3-5-15(11-19)16(14)18-12-17(6-7-17)8-9-20/h13-16,18,20H,3-12H2,1-2H3. The Labute approximate surface area is 124 Å². The molecule has 116 valence electrons. The molecule has 3 fully saturated rings. The first-order valence-corrected chi connectivity index (χ1v) is 8.72. The van der Waals surface area contributed by atoms with Crippen LogP contribution in [0.4, 0.5) is 0 Å². The monoisotopic (exact) mass is 280 g/mol. The summed E-state index contributed by atoms with van der Waals surface area (Å²) in [5.41, 5.74) is 0.457. The number of hydrogen-bond donors (Lipinski definition) is 2. The van der Waals surface area contributed by atoms with Gasteiger partial charge in [-0.2, -0.15) is 0 Å². The lowest BCUT2D eigenvalue weighted by molar-refractivity contribution is 0.0271. The Morgan fingerprint density at radius 1 is 1.20 bits per heavy atom. The summed E-state index contributed by atoms with van der Waals surface area (Å²) in [7, 11) is 0. The van der Waals surface area contributed by atoms with Gasteiger partial charge in [-0.1, -0.05) is 6.42 Å². The molecule has 3 nitrogen and oxygen atoms in total. The molecule has 2 unspecified atom stereocenters. The van der Waals surface area contributed by atoms with Gasteiger partial charge in [-0.05, 0) is 63.2 Å². The van der Waals surface area contributed by atoms with E-state index in [1.54, 1.807) is 0 Å². The first-order chi connectivity index (χ1) is 9.63. The van der Waals surface area contributed by atoms with E-state index in [1.165, 1.54) is 45.2 Å². The highest BCUT2D eigenvalue weighted by molar-refractivity contribution is 5.00. The molecule has 2 atom stereocenters. The summed E-state index contributed by atoms with van der Waals surface area (Å²) >= 11 is 0. The molecule has 3 aliphatic rings. The van der Waals surface area contributed by atoms with E-state index in [0.29, 0.717) is 18.1 Å². The number of piperidine rings is 1. The van der Waals surface area contributed by atoms with Gasteiger partial charge in [0, 0.05) is 38.3 Å². The summed E-state index contributed by atoms with van der Waals surface area (Å²) in [4.78, 5) is 2.69. The van der Waals surface area contributed by atoms with Crippen molar-refractivity contribution in [1.82, 2.24) is 10.2 Å². The molecule has 0 spiro atoms. The summed E-state index contributed by atoms with van der Waals surface area (Å²) in [6.07, 6.45) is 7.89. The summed E-state index contributed by atoms with van der Waals surface area (Å²) in [5.74, 6) is 1.71. The fourth-order valence-electron chi connectivity index (χ4n) is 4.49. The second kappa shape index (κ2) is 5.94. The minimum Gasteiger partial charge on any atom is -0.396 e. The van der Waals surface area contributed by atoms with Gasteiger partial charge in [0.15, 0.2) is 0 Å². The van der Waals surface area contributed by atoms with E-state index in [2.05, 4.69) is 24.1 Å². The van der Waals surface area contributed by atoms with Crippen LogP contribution >= 0.6 is 0 Å². The van der Waals surface area contributed by atoms with Crippen LogP contribution in [0.3, 0.4) is 0 Å². The summed E-state index contributed by atoms with van der Waals surface area (Å²) < 4.78 is 0. The molecule has 2 bridgehead atoms. The van der Waals surface area contributed by atoms with Crippen molar-refractivity contribution in [2.45, 2.75) is 64.5 Å². The van der Waals surface area contributed by atoms with E-state index in [9.17, 15) is 5.11 Å². The van der Waals surface area contributed by atoms with Crippen molar-refractivity contribution in [2.24, 2.45) is 17.3 Å². The molecule has 1 aliphatic heterocycles. The number of hydrogen-bond acceptors (Lipinski definition) is 3. The molecular formula is C17H32N2O. The molecule has 0 aromatic rings. The summed E-state index contributed by atoms with van der Waals surface area (Å²) in [5, 5.41) is 13.1. The van der Waals surface area contributed by atoms with Crippen molar-refractivity contribution in [1.29, 1.82) is 0 Å². The van der Waals surface area contributed by atoms with Gasteiger partial charge in [0.2, 0.25) is 0 Å². The van der Waals surface area contributed by atoms with Gasteiger partial charge < -0.3 is 15.3 Å². The van der Waals surface area contributed by atoms with Crippen LogP contribution in [0, 0.1) is 17.3 Å². The lowest BCUT2D eigenvalue weighted by Gasteiger charge is -2.49. The molecule has 20 heavy (non-hydrogen) atoms. The van der Waals surface area contributed by atoms with Crippen LogP contribution in [-0.2, 0) is 0 Å². The summed E-state index contributed by atoms with van der Waals surface area (Å²) in [6.45, 7) is 8.76. The predicted molar refractivity (Wildman–Crippen MR) is 82.7 cm³/mol. The molecule has 3 heteroatoms. The Morgan fingerprint density at radius 2 is 1.85 bits per heavy atom. The van der Waals surface area contributed by atoms with E-state index in [-0.39, 0.29) is 0 Å². The Hall–Kier alpha value is -0.120. The number of nitrogens with zero attached hydrogens (tertiary/aromatic N) is 1. The van der Waals surface area contributed by atoms with E-state index < -0.39 is 0 Å². The zero-order valence-corrected chi connectivity index (χ0v) is 13.3. The minimum absolute atomic E-state index is 0.361. The summed E-state index contributed by atoms with van der Waals surface area (Å²) in [6, 6.07) is 1.44. The van der Waals surface area contributed by atoms with Crippen molar-refractivity contribution in [3.63, 3.8) is 0 Å². The fourth-order valence-corrected chi connectivity index (χ4v) is 4.49. The molecule has 0 aromatic carbocycles. The molecular weight excluding hydrogens is 248 g/mol. The Balaban J connectivity index is 1.57. The van der Waals surface area contributed by atoms with Crippen molar-refractivity contribution in [3.8, 4) is 0 Å². The second-order valence-electron chi connectivity index (χ2n) is 7.88. The van der Waals surface area contributed by atoms with Gasteiger partial charge in [0.1, 0.15) is 0 Å². The minimum atomic E-state index is 0.361. The van der Waals surface area contributed by atoms with Crippen LogP contribution in [-0.4, -0.2) is 48.3 Å². The topological polar surface area (TPSA) is 35.5 Å². The van der Waals surface area contributed by atoms with Crippen LogP contribution in [0.1, 0.15) is 52.4 Å². The molecule has 2 N–H and O–H groups in total. The van der Waals surface area contributed by atoms with E-state index in [4.69, 9.17) is 0 Å². The first-order valence-electron chi connectivity index (χ1n) is 8.72. The van der Waals surface area contributed by atoms with Crippen molar-refractivity contribution in [3.05, 3.63) is 0 Å². The number of nitrogens with one attached hydrogen (secondary N) is 1. The number of likely N-dealkylation sites (tertiary alicyclic amines) is 1. The Bertz CT molecular complexity index is 313. The third-order valence-electron chi connectivity index (χ3n) is 6.15. The fraction of sp³-hybridized carbons (Fsp3) is 1.00. The van der Waals surface area contributed by atoms with Crippen molar-refractivity contribution >= 4 is 0 Å². The third kappa shape index (κ3) is 3.05. The molecule has 2 aliphatic carbocycles. The van der Waals surface area contributed by atoms with Crippen molar-refractivity contribution < 1.29 is 5.11 Å². The van der Waals surface area contributed by atoms with E-state index in [0.717, 1.165) is 30.8 Å². The predicted octanol–water partition coefficient (Wildman–Crippen LogP) is 2.25. The smallest absolute Gasteiger partial charge is 0.0436 e. The maximum Gasteiger partial charge on any atom is 0.0436 e. The van der Waals surface area contributed by atoms with Crippen molar-refractivity contribution in [2.75, 3.05) is 26.2 Å². The molecule has 0 amide bonds. The van der Waals surface area contributed by atoms with Crippen LogP contribution in [0.2, 0.25) is 0 Å². The average molecular weight is 280 g/mol. The second-order valence-corrected chi connectivity index (χ2v) is 7.88. The maximum absolute atomic E-state index is 9.20. The Kier molecular flexibility index (Phi) is 4.40. The number of aliphatic hydroxyl groups is 1. The van der Waals surface area contributed by atoms with Gasteiger partial charge in [0.25, 0.3) is 0 Å². The Morgan fingerprint density at radius 3 is 2.35 bits per heavy atom. The lowest BCUT2D eigenvalue weighted by atomic mass is 9.73. The molecule has 1 heterocycles. The SMILES string of the molecule is CC(C)N1CC2CCCC(C1)C2NCC1(CCO)CC1. The van der Waals surface area contributed by atoms with Crippen LogP contribution < -0.4 is 5.32 Å². The maximum atomic E-state index is 9.20. The molecule has 0 aromatic heterocycles. The highest BCUT2D eigenvalue weighted by Gasteiger charge is 2.45.